The fourth-order valence-electron chi connectivity index (χ4n) is 2.47. The van der Waals surface area contributed by atoms with E-state index in [0.29, 0.717) is 5.56 Å². The summed E-state index contributed by atoms with van der Waals surface area (Å²) in [4.78, 5) is 12.2. The Kier molecular flexibility index (Phi) is 5.70. The number of amides is 1. The van der Waals surface area contributed by atoms with E-state index in [2.05, 4.69) is 10.0 Å². The number of nitrogens with one attached hydrogen (secondary N) is 2. The fraction of sp³-hybridized carbons (Fsp3) is 0.0500. The highest BCUT2D eigenvalue weighted by atomic mass is 32.2. The van der Waals surface area contributed by atoms with Gasteiger partial charge in [-0.15, -0.1) is 0 Å². The van der Waals surface area contributed by atoms with E-state index in [4.69, 9.17) is 0 Å². The van der Waals surface area contributed by atoms with Crippen molar-refractivity contribution in [1.29, 1.82) is 0 Å². The number of carbonyl (C=O) groups excluding carboxylic acids is 1. The van der Waals surface area contributed by atoms with E-state index in [9.17, 15) is 22.0 Å². The van der Waals surface area contributed by atoms with E-state index in [1.165, 1.54) is 54.6 Å². The maximum Gasteiger partial charge on any atom is 0.261 e. The molecule has 1 amide bonds. The minimum absolute atomic E-state index is 0.0986. The van der Waals surface area contributed by atoms with Gasteiger partial charge in [-0.2, -0.15) is 0 Å². The number of halogens is 2. The normalized spacial score (nSPS) is 11.1. The molecular formula is C20H16F2N2O3S. The van der Waals surface area contributed by atoms with Crippen LogP contribution in [0, 0.1) is 11.6 Å². The molecule has 0 aliphatic heterocycles. The van der Waals surface area contributed by atoms with Crippen LogP contribution in [0.15, 0.2) is 77.7 Å². The van der Waals surface area contributed by atoms with E-state index in [0.717, 1.165) is 12.1 Å². The van der Waals surface area contributed by atoms with Gasteiger partial charge in [0.05, 0.1) is 4.90 Å². The Hall–Kier alpha value is -3.26. The van der Waals surface area contributed by atoms with Crippen LogP contribution in [0.3, 0.4) is 0 Å². The lowest BCUT2D eigenvalue weighted by atomic mass is 10.2. The zero-order valence-corrected chi connectivity index (χ0v) is 15.3. The van der Waals surface area contributed by atoms with Gasteiger partial charge in [0.1, 0.15) is 11.6 Å². The van der Waals surface area contributed by atoms with Gasteiger partial charge in [-0.3, -0.25) is 9.52 Å². The van der Waals surface area contributed by atoms with Crippen LogP contribution in [-0.4, -0.2) is 14.3 Å². The third-order valence-corrected chi connectivity index (χ3v) is 5.22. The maximum atomic E-state index is 13.2. The predicted molar refractivity (Wildman–Crippen MR) is 101 cm³/mol. The molecule has 0 aliphatic rings. The minimum atomic E-state index is -3.96. The van der Waals surface area contributed by atoms with Gasteiger partial charge in [-0.05, 0) is 60.2 Å². The van der Waals surface area contributed by atoms with Gasteiger partial charge in [-0.25, -0.2) is 17.2 Å². The molecule has 0 heterocycles. The molecule has 3 aromatic carbocycles. The summed E-state index contributed by atoms with van der Waals surface area (Å²) in [5.74, 6) is -1.39. The monoisotopic (exact) mass is 402 g/mol. The number of hydrogen-bond acceptors (Lipinski definition) is 3. The lowest BCUT2D eigenvalue weighted by Crippen LogP contribution is -2.23. The molecule has 3 aromatic rings. The molecule has 3 rings (SSSR count). The van der Waals surface area contributed by atoms with Gasteiger partial charge >= 0.3 is 0 Å². The highest BCUT2D eigenvalue weighted by molar-refractivity contribution is 7.92. The van der Waals surface area contributed by atoms with Crippen molar-refractivity contribution >= 4 is 21.6 Å². The van der Waals surface area contributed by atoms with Crippen LogP contribution in [0.2, 0.25) is 0 Å². The molecule has 5 nitrogen and oxygen atoms in total. The molecule has 0 bridgehead atoms. The first-order valence-corrected chi connectivity index (χ1v) is 9.73. The van der Waals surface area contributed by atoms with Crippen molar-refractivity contribution in [3.8, 4) is 0 Å². The van der Waals surface area contributed by atoms with Crippen molar-refractivity contribution in [3.63, 3.8) is 0 Å². The molecule has 2 N–H and O–H groups in total. The smallest absolute Gasteiger partial charge is 0.261 e. The van der Waals surface area contributed by atoms with E-state index in [1.807, 2.05) is 0 Å². The van der Waals surface area contributed by atoms with Crippen molar-refractivity contribution in [3.05, 3.63) is 95.6 Å². The zero-order chi connectivity index (χ0) is 20.1. The van der Waals surface area contributed by atoms with Crippen LogP contribution in [0.25, 0.3) is 0 Å². The summed E-state index contributed by atoms with van der Waals surface area (Å²) in [6.07, 6.45) is 0. The first kappa shape index (κ1) is 19.5. The molecule has 0 aliphatic carbocycles. The standard InChI is InChI=1S/C20H16F2N2O3S/c21-16-7-9-18(10-8-16)24-28(26,27)19-6-2-4-15(12-19)20(25)23-13-14-3-1-5-17(22)11-14/h1-12,24H,13H2,(H,23,25). The molecule has 0 unspecified atom stereocenters. The molecule has 0 radical (unpaired) electrons. The average Bonchev–Trinajstić information content (AvgIpc) is 2.68. The first-order chi connectivity index (χ1) is 13.3. The lowest BCUT2D eigenvalue weighted by Gasteiger charge is -2.10. The van der Waals surface area contributed by atoms with E-state index >= 15 is 0 Å². The quantitative estimate of drug-likeness (QED) is 0.660. The number of benzene rings is 3. The Morgan fingerprint density at radius 1 is 0.857 bits per heavy atom. The number of carbonyl (C=O) groups is 1. The van der Waals surface area contributed by atoms with Gasteiger partial charge in [0, 0.05) is 17.8 Å². The summed E-state index contributed by atoms with van der Waals surface area (Å²) in [6, 6.07) is 16.1. The summed E-state index contributed by atoms with van der Waals surface area (Å²) in [7, 11) is -3.96. The van der Waals surface area contributed by atoms with Crippen LogP contribution in [0.1, 0.15) is 15.9 Å². The number of anilines is 1. The molecule has 0 saturated heterocycles. The summed E-state index contributed by atoms with van der Waals surface area (Å²) < 4.78 is 53.5. The van der Waals surface area contributed by atoms with E-state index in [-0.39, 0.29) is 22.7 Å². The van der Waals surface area contributed by atoms with Crippen molar-refractivity contribution in [2.75, 3.05) is 4.72 Å². The van der Waals surface area contributed by atoms with E-state index < -0.39 is 27.6 Å². The SMILES string of the molecule is O=C(NCc1cccc(F)c1)c1cccc(S(=O)(=O)Nc2ccc(F)cc2)c1. The predicted octanol–water partition coefficient (Wildman–Crippen LogP) is 3.70. The van der Waals surface area contributed by atoms with Crippen LogP contribution in [-0.2, 0) is 16.6 Å². The molecular weight excluding hydrogens is 386 g/mol. The summed E-state index contributed by atoms with van der Waals surface area (Å²) in [5, 5.41) is 2.61. The maximum absolute atomic E-state index is 13.2. The average molecular weight is 402 g/mol. The van der Waals surface area contributed by atoms with Gasteiger partial charge in [0.25, 0.3) is 15.9 Å². The highest BCUT2D eigenvalue weighted by Crippen LogP contribution is 2.17. The van der Waals surface area contributed by atoms with Crippen LogP contribution >= 0.6 is 0 Å². The third-order valence-electron chi connectivity index (χ3n) is 3.85. The summed E-state index contributed by atoms with van der Waals surface area (Å²) in [6.45, 7) is 0.0986. The van der Waals surface area contributed by atoms with Crippen molar-refractivity contribution in [1.82, 2.24) is 5.32 Å². The van der Waals surface area contributed by atoms with Crippen LogP contribution < -0.4 is 10.0 Å². The van der Waals surface area contributed by atoms with Gasteiger partial charge in [0.15, 0.2) is 0 Å². The Balaban J connectivity index is 1.73. The van der Waals surface area contributed by atoms with Gasteiger partial charge in [-0.1, -0.05) is 18.2 Å². The molecule has 0 fully saturated rings. The van der Waals surface area contributed by atoms with Crippen LogP contribution in [0.5, 0.6) is 0 Å². The molecule has 0 atom stereocenters. The molecule has 0 spiro atoms. The topological polar surface area (TPSA) is 75.3 Å². The summed E-state index contributed by atoms with van der Waals surface area (Å²) in [5.41, 5.74) is 0.913. The fourth-order valence-corrected chi connectivity index (χ4v) is 3.57. The minimum Gasteiger partial charge on any atom is -0.348 e. The summed E-state index contributed by atoms with van der Waals surface area (Å²) >= 11 is 0. The Bertz CT molecular complexity index is 1100. The Morgan fingerprint density at radius 3 is 2.29 bits per heavy atom. The first-order valence-electron chi connectivity index (χ1n) is 8.24. The largest absolute Gasteiger partial charge is 0.348 e. The molecule has 0 saturated carbocycles. The van der Waals surface area contributed by atoms with Crippen molar-refractivity contribution in [2.24, 2.45) is 0 Å². The molecule has 144 valence electrons. The number of hydrogen-bond donors (Lipinski definition) is 2. The van der Waals surface area contributed by atoms with Crippen molar-refractivity contribution in [2.45, 2.75) is 11.4 Å². The highest BCUT2D eigenvalue weighted by Gasteiger charge is 2.16. The third kappa shape index (κ3) is 4.92. The van der Waals surface area contributed by atoms with Crippen molar-refractivity contribution < 1.29 is 22.0 Å². The number of sulfonamides is 1. The Morgan fingerprint density at radius 2 is 1.57 bits per heavy atom. The van der Waals surface area contributed by atoms with Gasteiger partial charge in [0.2, 0.25) is 0 Å². The molecule has 28 heavy (non-hydrogen) atoms. The number of rotatable bonds is 6. The molecule has 0 aromatic heterocycles. The lowest BCUT2D eigenvalue weighted by molar-refractivity contribution is 0.0950. The second-order valence-electron chi connectivity index (χ2n) is 5.95. The van der Waals surface area contributed by atoms with Gasteiger partial charge < -0.3 is 5.32 Å². The second-order valence-corrected chi connectivity index (χ2v) is 7.64. The zero-order valence-electron chi connectivity index (χ0n) is 14.5. The van der Waals surface area contributed by atoms with E-state index in [1.54, 1.807) is 6.07 Å². The molecule has 8 heteroatoms. The Labute approximate surface area is 161 Å². The van der Waals surface area contributed by atoms with Crippen LogP contribution in [0.4, 0.5) is 14.5 Å². The second kappa shape index (κ2) is 8.18.